The van der Waals surface area contributed by atoms with Crippen LogP contribution in [0.2, 0.25) is 0 Å². The third-order valence-electron chi connectivity index (χ3n) is 2.60. The number of hydrogen-bond acceptors (Lipinski definition) is 4. The number of oxazole rings is 1. The van der Waals surface area contributed by atoms with Gasteiger partial charge in [-0.1, -0.05) is 6.07 Å². The van der Waals surface area contributed by atoms with E-state index in [0.29, 0.717) is 11.5 Å². The first-order chi connectivity index (χ1) is 8.58. The van der Waals surface area contributed by atoms with Crippen LogP contribution in [0.1, 0.15) is 24.2 Å². The van der Waals surface area contributed by atoms with Gasteiger partial charge in [0.25, 0.3) is 0 Å². The molecule has 6 nitrogen and oxygen atoms in total. The number of aromatic nitrogens is 2. The summed E-state index contributed by atoms with van der Waals surface area (Å²) in [5.41, 5.74) is 2.24. The highest BCUT2D eigenvalue weighted by Gasteiger charge is 2.11. The smallest absolute Gasteiger partial charge is 0.405 e. The third kappa shape index (κ3) is 2.48. The lowest BCUT2D eigenvalue weighted by molar-refractivity contribution is 0.191. The summed E-state index contributed by atoms with van der Waals surface area (Å²) in [5, 5.41) is 11.0. The van der Waals surface area contributed by atoms with Crippen LogP contribution in [-0.4, -0.2) is 21.2 Å². The second kappa shape index (κ2) is 4.87. The van der Waals surface area contributed by atoms with Crippen molar-refractivity contribution < 1.29 is 14.3 Å². The van der Waals surface area contributed by atoms with Crippen LogP contribution in [0, 0.1) is 6.92 Å². The highest BCUT2D eigenvalue weighted by atomic mass is 16.4. The van der Waals surface area contributed by atoms with Crippen LogP contribution in [0.25, 0.3) is 11.5 Å². The van der Waals surface area contributed by atoms with Gasteiger partial charge in [0, 0.05) is 6.20 Å². The number of aryl methyl sites for hydroxylation is 1. The lowest BCUT2D eigenvalue weighted by Crippen LogP contribution is -2.24. The minimum atomic E-state index is -1.06. The second-order valence-corrected chi connectivity index (χ2v) is 3.91. The van der Waals surface area contributed by atoms with Crippen LogP contribution in [0.4, 0.5) is 4.79 Å². The monoisotopic (exact) mass is 247 g/mol. The molecular formula is C12H13N3O3. The molecule has 2 heterocycles. The van der Waals surface area contributed by atoms with E-state index in [2.05, 4.69) is 15.3 Å². The van der Waals surface area contributed by atoms with Crippen molar-refractivity contribution in [2.45, 2.75) is 19.9 Å². The van der Waals surface area contributed by atoms with Gasteiger partial charge in [-0.2, -0.15) is 0 Å². The Bertz CT molecular complexity index is 548. The highest BCUT2D eigenvalue weighted by molar-refractivity contribution is 5.65. The Morgan fingerprint density at radius 1 is 1.44 bits per heavy atom. The van der Waals surface area contributed by atoms with E-state index < -0.39 is 6.09 Å². The molecule has 2 aromatic heterocycles. The predicted molar refractivity (Wildman–Crippen MR) is 64.0 cm³/mol. The van der Waals surface area contributed by atoms with Gasteiger partial charge in [-0.05, 0) is 25.5 Å². The zero-order valence-electron chi connectivity index (χ0n) is 10.0. The Kier molecular flexibility index (Phi) is 3.27. The summed E-state index contributed by atoms with van der Waals surface area (Å²) in [6.07, 6.45) is 1.94. The van der Waals surface area contributed by atoms with E-state index in [0.717, 1.165) is 11.3 Å². The third-order valence-corrected chi connectivity index (χ3v) is 2.60. The van der Waals surface area contributed by atoms with Crippen LogP contribution in [0.5, 0.6) is 0 Å². The molecule has 0 aromatic carbocycles. The standard InChI is InChI=1S/C12H13N3O3/c1-7(15-12(16)17)9-3-4-10(13-5-9)11-8(2)14-6-18-11/h3-7,15H,1-2H3,(H,16,17). The first-order valence-electron chi connectivity index (χ1n) is 5.44. The second-order valence-electron chi connectivity index (χ2n) is 3.91. The van der Waals surface area contributed by atoms with Crippen molar-refractivity contribution in [1.29, 1.82) is 0 Å². The van der Waals surface area contributed by atoms with Gasteiger partial charge >= 0.3 is 6.09 Å². The average Bonchev–Trinajstić information content (AvgIpc) is 2.75. The number of carbonyl (C=O) groups is 1. The molecule has 1 unspecified atom stereocenters. The summed E-state index contributed by atoms with van der Waals surface area (Å²) in [4.78, 5) is 18.8. The fourth-order valence-electron chi connectivity index (χ4n) is 1.61. The molecule has 0 aliphatic rings. The molecule has 1 atom stereocenters. The normalized spacial score (nSPS) is 12.1. The van der Waals surface area contributed by atoms with E-state index in [1.54, 1.807) is 19.2 Å². The highest BCUT2D eigenvalue weighted by Crippen LogP contribution is 2.21. The Morgan fingerprint density at radius 3 is 2.72 bits per heavy atom. The van der Waals surface area contributed by atoms with Crippen molar-refractivity contribution in [3.05, 3.63) is 36.0 Å². The van der Waals surface area contributed by atoms with Crippen molar-refractivity contribution >= 4 is 6.09 Å². The van der Waals surface area contributed by atoms with Crippen LogP contribution in [0.3, 0.4) is 0 Å². The molecule has 0 bridgehead atoms. The Morgan fingerprint density at radius 2 is 2.22 bits per heavy atom. The Hall–Kier alpha value is -2.37. The minimum absolute atomic E-state index is 0.306. The first kappa shape index (κ1) is 12.1. The van der Waals surface area contributed by atoms with Crippen molar-refractivity contribution in [3.63, 3.8) is 0 Å². The van der Waals surface area contributed by atoms with E-state index >= 15 is 0 Å². The average molecular weight is 247 g/mol. The molecule has 0 aliphatic carbocycles. The lowest BCUT2D eigenvalue weighted by atomic mass is 10.1. The summed E-state index contributed by atoms with van der Waals surface area (Å²) < 4.78 is 5.23. The van der Waals surface area contributed by atoms with Gasteiger partial charge in [0.1, 0.15) is 5.69 Å². The van der Waals surface area contributed by atoms with E-state index in [1.807, 2.05) is 13.0 Å². The van der Waals surface area contributed by atoms with E-state index in [-0.39, 0.29) is 6.04 Å². The topological polar surface area (TPSA) is 88.2 Å². The van der Waals surface area contributed by atoms with E-state index in [9.17, 15) is 4.79 Å². The fourth-order valence-corrected chi connectivity index (χ4v) is 1.61. The zero-order chi connectivity index (χ0) is 13.1. The molecule has 0 spiro atoms. The van der Waals surface area contributed by atoms with Gasteiger partial charge in [-0.15, -0.1) is 0 Å². The van der Waals surface area contributed by atoms with Crippen LogP contribution in [-0.2, 0) is 0 Å². The van der Waals surface area contributed by atoms with Crippen LogP contribution >= 0.6 is 0 Å². The molecular weight excluding hydrogens is 234 g/mol. The van der Waals surface area contributed by atoms with Gasteiger partial charge in [0.2, 0.25) is 0 Å². The minimum Gasteiger partial charge on any atom is -0.465 e. The number of hydrogen-bond donors (Lipinski definition) is 2. The van der Waals surface area contributed by atoms with Crippen LogP contribution in [0.15, 0.2) is 29.1 Å². The molecule has 94 valence electrons. The molecule has 0 radical (unpaired) electrons. The number of amides is 1. The molecule has 2 rings (SSSR count). The van der Waals surface area contributed by atoms with Gasteiger partial charge in [-0.3, -0.25) is 4.98 Å². The number of nitrogens with zero attached hydrogens (tertiary/aromatic N) is 2. The predicted octanol–water partition coefficient (Wildman–Crippen LogP) is 2.37. The molecule has 0 fully saturated rings. The van der Waals surface area contributed by atoms with Crippen molar-refractivity contribution in [3.8, 4) is 11.5 Å². The maximum atomic E-state index is 10.5. The number of rotatable bonds is 3. The largest absolute Gasteiger partial charge is 0.465 e. The molecule has 0 saturated carbocycles. The fraction of sp³-hybridized carbons (Fsp3) is 0.250. The van der Waals surface area contributed by atoms with Crippen molar-refractivity contribution in [2.24, 2.45) is 0 Å². The van der Waals surface area contributed by atoms with Gasteiger partial charge in [-0.25, -0.2) is 9.78 Å². The quantitative estimate of drug-likeness (QED) is 0.869. The number of pyridine rings is 1. The van der Waals surface area contributed by atoms with Gasteiger partial charge in [0.15, 0.2) is 12.2 Å². The van der Waals surface area contributed by atoms with Crippen molar-refractivity contribution in [1.82, 2.24) is 15.3 Å². The lowest BCUT2D eigenvalue weighted by Gasteiger charge is -2.11. The molecule has 2 aromatic rings. The van der Waals surface area contributed by atoms with Gasteiger partial charge in [0.05, 0.1) is 11.7 Å². The summed E-state index contributed by atoms with van der Waals surface area (Å²) in [5.74, 6) is 0.625. The van der Waals surface area contributed by atoms with E-state index in [1.165, 1.54) is 6.39 Å². The molecule has 18 heavy (non-hydrogen) atoms. The summed E-state index contributed by atoms with van der Waals surface area (Å²) >= 11 is 0. The maximum absolute atomic E-state index is 10.5. The number of carboxylic acid groups (broad SMARTS) is 1. The maximum Gasteiger partial charge on any atom is 0.405 e. The number of nitrogens with one attached hydrogen (secondary N) is 1. The molecule has 1 amide bonds. The molecule has 0 saturated heterocycles. The molecule has 2 N–H and O–H groups in total. The summed E-state index contributed by atoms with van der Waals surface area (Å²) in [6.45, 7) is 3.59. The first-order valence-corrected chi connectivity index (χ1v) is 5.44. The van der Waals surface area contributed by atoms with Crippen LogP contribution < -0.4 is 5.32 Å². The zero-order valence-corrected chi connectivity index (χ0v) is 10.0. The SMILES string of the molecule is Cc1ncoc1-c1ccc(C(C)NC(=O)O)cn1. The summed E-state index contributed by atoms with van der Waals surface area (Å²) in [6, 6.07) is 3.29. The molecule has 0 aliphatic heterocycles. The van der Waals surface area contributed by atoms with Crippen molar-refractivity contribution in [2.75, 3.05) is 0 Å². The summed E-state index contributed by atoms with van der Waals surface area (Å²) in [7, 11) is 0. The van der Waals surface area contributed by atoms with Gasteiger partial charge < -0.3 is 14.8 Å². The Labute approximate surface area is 104 Å². The Balaban J connectivity index is 2.20. The molecule has 6 heteroatoms. The van der Waals surface area contributed by atoms with E-state index in [4.69, 9.17) is 9.52 Å².